The van der Waals surface area contributed by atoms with E-state index in [2.05, 4.69) is 16.0 Å². The fourth-order valence-corrected chi connectivity index (χ4v) is 3.39. The van der Waals surface area contributed by atoms with E-state index in [1.165, 1.54) is 11.3 Å². The quantitative estimate of drug-likeness (QED) is 0.653. The molecule has 2 saturated carbocycles. The molecule has 2 aliphatic rings. The third-order valence-electron chi connectivity index (χ3n) is 4.27. The molecule has 0 saturated heterocycles. The SMILES string of the molecule is Cc1sc(NC(=O)C2CC2)c(C(=O)OCC(=O)NC(=O)NC2CC2)c1C. The van der Waals surface area contributed by atoms with E-state index in [4.69, 9.17) is 4.74 Å². The lowest BCUT2D eigenvalue weighted by molar-refractivity contribution is -0.123. The van der Waals surface area contributed by atoms with Crippen LogP contribution in [0.15, 0.2) is 0 Å². The van der Waals surface area contributed by atoms with Gasteiger partial charge in [0.15, 0.2) is 6.61 Å². The number of hydrogen-bond acceptors (Lipinski definition) is 6. The van der Waals surface area contributed by atoms with Gasteiger partial charge in [0.1, 0.15) is 5.00 Å². The van der Waals surface area contributed by atoms with Crippen LogP contribution in [-0.2, 0) is 14.3 Å². The normalized spacial score (nSPS) is 15.9. The van der Waals surface area contributed by atoms with Gasteiger partial charge in [-0.3, -0.25) is 14.9 Å². The average Bonchev–Trinajstić information content (AvgIpc) is 3.46. The van der Waals surface area contributed by atoms with Gasteiger partial charge in [-0.25, -0.2) is 9.59 Å². The van der Waals surface area contributed by atoms with Gasteiger partial charge >= 0.3 is 12.0 Å². The first-order valence-electron chi connectivity index (χ1n) is 8.53. The number of imide groups is 1. The molecule has 0 radical (unpaired) electrons. The third kappa shape index (κ3) is 4.60. The number of anilines is 1. The van der Waals surface area contributed by atoms with Crippen LogP contribution in [0.4, 0.5) is 9.80 Å². The van der Waals surface area contributed by atoms with E-state index in [-0.39, 0.29) is 23.4 Å². The van der Waals surface area contributed by atoms with Gasteiger partial charge in [0.2, 0.25) is 5.91 Å². The molecule has 0 aromatic carbocycles. The molecule has 3 N–H and O–H groups in total. The molecule has 140 valence electrons. The number of ether oxygens (including phenoxy) is 1. The van der Waals surface area contributed by atoms with Gasteiger partial charge in [-0.1, -0.05) is 0 Å². The second kappa shape index (κ2) is 7.45. The van der Waals surface area contributed by atoms with E-state index in [1.807, 2.05) is 6.92 Å². The largest absolute Gasteiger partial charge is 0.452 e. The first kappa shape index (κ1) is 18.4. The molecule has 4 amide bonds. The number of urea groups is 1. The summed E-state index contributed by atoms with van der Waals surface area (Å²) in [6, 6.07) is -0.465. The molecular weight excluding hydrogens is 358 g/mol. The Morgan fingerprint density at radius 1 is 1.12 bits per heavy atom. The Kier molecular flexibility index (Phi) is 5.26. The van der Waals surface area contributed by atoms with E-state index in [9.17, 15) is 19.2 Å². The van der Waals surface area contributed by atoms with Crippen molar-refractivity contribution in [3.05, 3.63) is 16.0 Å². The van der Waals surface area contributed by atoms with Crippen molar-refractivity contribution >= 4 is 40.2 Å². The average molecular weight is 379 g/mol. The lowest BCUT2D eigenvalue weighted by Crippen LogP contribution is -2.42. The minimum atomic E-state index is -0.704. The highest BCUT2D eigenvalue weighted by molar-refractivity contribution is 7.16. The Morgan fingerprint density at radius 3 is 2.42 bits per heavy atom. The zero-order valence-corrected chi connectivity index (χ0v) is 15.5. The molecule has 0 spiro atoms. The fourth-order valence-electron chi connectivity index (χ4n) is 2.34. The summed E-state index contributed by atoms with van der Waals surface area (Å²) in [5, 5.41) is 7.94. The Morgan fingerprint density at radius 2 is 1.81 bits per heavy atom. The van der Waals surface area contributed by atoms with Crippen LogP contribution in [0.25, 0.3) is 0 Å². The molecule has 26 heavy (non-hydrogen) atoms. The highest BCUT2D eigenvalue weighted by Crippen LogP contribution is 2.36. The van der Waals surface area contributed by atoms with E-state index < -0.39 is 24.5 Å². The van der Waals surface area contributed by atoms with Gasteiger partial charge in [0.05, 0.1) is 5.56 Å². The predicted molar refractivity (Wildman–Crippen MR) is 95.1 cm³/mol. The van der Waals surface area contributed by atoms with Crippen molar-refractivity contribution in [2.45, 2.75) is 45.6 Å². The molecule has 2 aliphatic carbocycles. The van der Waals surface area contributed by atoms with Crippen molar-refractivity contribution in [1.82, 2.24) is 10.6 Å². The maximum absolute atomic E-state index is 12.4. The van der Waals surface area contributed by atoms with Crippen LogP contribution in [0.5, 0.6) is 0 Å². The molecule has 3 rings (SSSR count). The maximum atomic E-state index is 12.4. The standard InChI is InChI=1S/C17H21N3O5S/c1-8-9(2)26-15(20-14(22)10-3-4-10)13(8)16(23)25-7-12(21)19-17(24)18-11-5-6-11/h10-11H,3-7H2,1-2H3,(H,20,22)(H2,18,19,21,24). The van der Waals surface area contributed by atoms with E-state index in [1.54, 1.807) is 6.92 Å². The molecule has 1 aromatic rings. The molecule has 9 heteroatoms. The van der Waals surface area contributed by atoms with Crippen molar-refractivity contribution in [1.29, 1.82) is 0 Å². The summed E-state index contributed by atoms with van der Waals surface area (Å²) in [4.78, 5) is 48.5. The van der Waals surface area contributed by atoms with Crippen molar-refractivity contribution in [2.24, 2.45) is 5.92 Å². The zero-order valence-electron chi connectivity index (χ0n) is 14.6. The molecule has 1 aromatic heterocycles. The first-order chi connectivity index (χ1) is 12.3. The summed E-state index contributed by atoms with van der Waals surface area (Å²) in [6.45, 7) is 3.04. The van der Waals surface area contributed by atoms with Crippen molar-refractivity contribution in [2.75, 3.05) is 11.9 Å². The number of esters is 1. The molecule has 0 atom stereocenters. The van der Waals surface area contributed by atoms with Crippen LogP contribution in [0.2, 0.25) is 0 Å². The summed E-state index contributed by atoms with van der Waals surface area (Å²) < 4.78 is 5.03. The Balaban J connectivity index is 1.56. The Hall–Kier alpha value is -2.42. The fraction of sp³-hybridized carbons (Fsp3) is 0.529. The number of hydrogen-bond donors (Lipinski definition) is 3. The van der Waals surface area contributed by atoms with Gasteiger partial charge in [0, 0.05) is 16.8 Å². The molecule has 1 heterocycles. The van der Waals surface area contributed by atoms with Gasteiger partial charge in [-0.2, -0.15) is 0 Å². The summed E-state index contributed by atoms with van der Waals surface area (Å²) >= 11 is 1.30. The van der Waals surface area contributed by atoms with Crippen LogP contribution in [0.1, 0.15) is 46.5 Å². The van der Waals surface area contributed by atoms with Crippen molar-refractivity contribution < 1.29 is 23.9 Å². The number of rotatable bonds is 6. The summed E-state index contributed by atoms with van der Waals surface area (Å²) in [6.07, 6.45) is 3.53. The second-order valence-electron chi connectivity index (χ2n) is 6.62. The smallest absolute Gasteiger partial charge is 0.341 e. The number of aryl methyl sites for hydroxylation is 1. The molecule has 2 fully saturated rings. The maximum Gasteiger partial charge on any atom is 0.341 e. The first-order valence-corrected chi connectivity index (χ1v) is 9.35. The van der Waals surface area contributed by atoms with Crippen molar-refractivity contribution in [3.63, 3.8) is 0 Å². The molecule has 8 nitrogen and oxygen atoms in total. The van der Waals surface area contributed by atoms with E-state index in [0.717, 1.165) is 30.6 Å². The second-order valence-corrected chi connectivity index (χ2v) is 7.85. The lowest BCUT2D eigenvalue weighted by Gasteiger charge is -2.09. The summed E-state index contributed by atoms with van der Waals surface area (Å²) in [5.41, 5.74) is 0.967. The molecular formula is C17H21N3O5S. The van der Waals surface area contributed by atoms with Crippen molar-refractivity contribution in [3.8, 4) is 0 Å². The predicted octanol–water partition coefficient (Wildman–Crippen LogP) is 1.86. The minimum absolute atomic E-state index is 0.0114. The zero-order chi connectivity index (χ0) is 18.8. The summed E-state index contributed by atoms with van der Waals surface area (Å²) in [5.74, 6) is -1.49. The molecule has 0 unspecified atom stereocenters. The van der Waals surface area contributed by atoms with Gasteiger partial charge in [-0.05, 0) is 45.1 Å². The number of nitrogens with one attached hydrogen (secondary N) is 3. The minimum Gasteiger partial charge on any atom is -0.452 e. The number of amides is 4. The van der Waals surface area contributed by atoms with Crippen LogP contribution in [0, 0.1) is 19.8 Å². The van der Waals surface area contributed by atoms with Crippen LogP contribution < -0.4 is 16.0 Å². The molecule has 0 bridgehead atoms. The van der Waals surface area contributed by atoms with Crippen LogP contribution in [0.3, 0.4) is 0 Å². The number of carbonyl (C=O) groups excluding carboxylic acids is 4. The monoisotopic (exact) mass is 379 g/mol. The number of thiophene rings is 1. The number of carbonyl (C=O) groups is 4. The lowest BCUT2D eigenvalue weighted by atomic mass is 10.1. The van der Waals surface area contributed by atoms with Gasteiger partial charge in [0.25, 0.3) is 5.91 Å². The van der Waals surface area contributed by atoms with Gasteiger partial charge < -0.3 is 15.4 Å². The topological polar surface area (TPSA) is 114 Å². The van der Waals surface area contributed by atoms with Crippen LogP contribution in [-0.4, -0.2) is 36.5 Å². The van der Waals surface area contributed by atoms with E-state index >= 15 is 0 Å². The third-order valence-corrected chi connectivity index (χ3v) is 5.40. The highest BCUT2D eigenvalue weighted by atomic mass is 32.1. The molecule has 0 aliphatic heterocycles. The van der Waals surface area contributed by atoms with Crippen LogP contribution >= 0.6 is 11.3 Å². The Bertz CT molecular complexity index is 765. The highest BCUT2D eigenvalue weighted by Gasteiger charge is 2.32. The van der Waals surface area contributed by atoms with E-state index in [0.29, 0.717) is 10.6 Å². The van der Waals surface area contributed by atoms with Gasteiger partial charge in [-0.15, -0.1) is 11.3 Å². The Labute approximate surface area is 154 Å². The summed E-state index contributed by atoms with van der Waals surface area (Å²) in [7, 11) is 0.